The molecule has 5 heterocycles. The van der Waals surface area contributed by atoms with Gasteiger partial charge in [0.1, 0.15) is 17.1 Å². The molecule has 196 valence electrons. The van der Waals surface area contributed by atoms with Crippen LogP contribution < -0.4 is 4.90 Å². The van der Waals surface area contributed by atoms with Gasteiger partial charge in [-0.2, -0.15) is 0 Å². The topological polar surface area (TPSA) is 74.3 Å². The molecule has 7 nitrogen and oxygen atoms in total. The van der Waals surface area contributed by atoms with Crippen LogP contribution in [0.5, 0.6) is 0 Å². The molecule has 38 heavy (non-hydrogen) atoms. The van der Waals surface area contributed by atoms with Crippen molar-refractivity contribution < 1.29 is 9.53 Å². The number of nitrogens with zero attached hydrogens (tertiary/aromatic N) is 4. The largest absolute Gasteiger partial charge is 0.444 e. The number of anilines is 1. The number of hydrogen-bond acceptors (Lipinski definition) is 5. The summed E-state index contributed by atoms with van der Waals surface area (Å²) in [7, 11) is 0. The molecule has 4 aromatic rings. The number of benzene rings is 1. The molecule has 0 aliphatic carbocycles. The summed E-state index contributed by atoms with van der Waals surface area (Å²) in [5.41, 5.74) is 7.66. The first-order valence-corrected chi connectivity index (χ1v) is 13.5. The van der Waals surface area contributed by atoms with Gasteiger partial charge >= 0.3 is 6.09 Å². The van der Waals surface area contributed by atoms with Crippen molar-refractivity contribution in [2.75, 3.05) is 18.0 Å². The highest BCUT2D eigenvalue weighted by molar-refractivity contribution is 5.84. The molecule has 1 saturated heterocycles. The number of nitrogens with one attached hydrogen (secondary N) is 1. The van der Waals surface area contributed by atoms with E-state index >= 15 is 0 Å². The Labute approximate surface area is 223 Å². The van der Waals surface area contributed by atoms with E-state index in [0.29, 0.717) is 6.54 Å². The number of carbonyl (C=O) groups excluding carboxylic acids is 1. The maximum Gasteiger partial charge on any atom is 0.410 e. The van der Waals surface area contributed by atoms with Crippen LogP contribution in [0.2, 0.25) is 0 Å². The highest BCUT2D eigenvalue weighted by Gasteiger charge is 2.36. The third-order valence-electron chi connectivity index (χ3n) is 7.66. The average molecular weight is 510 g/mol. The molecular weight excluding hydrogens is 474 g/mol. The minimum absolute atomic E-state index is 0.0204. The second-order valence-electron chi connectivity index (χ2n) is 11.5. The standard InChI is InChI=1S/C31H35N5O2/c1-20-17-33-29-24(20)16-23(18-34-29)22-14-21-10-13-35(28-9-5-6-11-32-28)19-26(21)25(15-22)27-8-7-12-36(27)30(37)38-31(2,3)4/h5-6,9,11,14-18,27H,7-8,10,12-13,19H2,1-4H3,(H,33,34)/t27-/m0/s1. The molecule has 2 aliphatic heterocycles. The summed E-state index contributed by atoms with van der Waals surface area (Å²) >= 11 is 0. The normalized spacial score (nSPS) is 17.6. The molecule has 1 atom stereocenters. The smallest absolute Gasteiger partial charge is 0.410 e. The Hall–Kier alpha value is -3.87. The zero-order chi connectivity index (χ0) is 26.4. The Bertz CT molecular complexity index is 1490. The van der Waals surface area contributed by atoms with Gasteiger partial charge in [0.05, 0.1) is 6.04 Å². The van der Waals surface area contributed by atoms with Gasteiger partial charge in [-0.1, -0.05) is 12.1 Å². The Morgan fingerprint density at radius 2 is 1.97 bits per heavy atom. The van der Waals surface area contributed by atoms with Gasteiger partial charge in [-0.15, -0.1) is 0 Å². The number of rotatable bonds is 3. The number of hydrogen-bond donors (Lipinski definition) is 1. The first kappa shape index (κ1) is 24.5. The van der Waals surface area contributed by atoms with Gasteiger partial charge in [0.2, 0.25) is 0 Å². The third kappa shape index (κ3) is 4.62. The Morgan fingerprint density at radius 3 is 2.76 bits per heavy atom. The molecule has 7 heteroatoms. The lowest BCUT2D eigenvalue weighted by molar-refractivity contribution is 0.0224. The predicted molar refractivity (Wildman–Crippen MR) is 150 cm³/mol. The summed E-state index contributed by atoms with van der Waals surface area (Å²) in [6, 6.07) is 12.9. The van der Waals surface area contributed by atoms with Crippen LogP contribution >= 0.6 is 0 Å². The fraction of sp³-hybridized carbons (Fsp3) is 0.387. The van der Waals surface area contributed by atoms with Crippen LogP contribution in [-0.2, 0) is 17.7 Å². The van der Waals surface area contributed by atoms with Crippen LogP contribution in [-0.4, -0.2) is 44.6 Å². The van der Waals surface area contributed by atoms with Crippen LogP contribution in [0.3, 0.4) is 0 Å². The lowest BCUT2D eigenvalue weighted by Crippen LogP contribution is -2.38. The predicted octanol–water partition coefficient (Wildman–Crippen LogP) is 6.57. The van der Waals surface area contributed by atoms with Crippen LogP contribution in [0.1, 0.15) is 61.9 Å². The van der Waals surface area contributed by atoms with Crippen LogP contribution in [0.15, 0.2) is 55.0 Å². The summed E-state index contributed by atoms with van der Waals surface area (Å²) in [5.74, 6) is 0.987. The van der Waals surface area contributed by atoms with E-state index in [0.717, 1.165) is 60.3 Å². The molecule has 1 amide bonds. The first-order chi connectivity index (χ1) is 18.3. The summed E-state index contributed by atoms with van der Waals surface area (Å²) in [4.78, 5) is 30.1. The van der Waals surface area contributed by atoms with E-state index in [1.165, 1.54) is 22.3 Å². The van der Waals surface area contributed by atoms with Crippen molar-refractivity contribution in [3.05, 3.63) is 77.2 Å². The monoisotopic (exact) mass is 509 g/mol. The summed E-state index contributed by atoms with van der Waals surface area (Å²) in [5, 5.41) is 1.14. The quantitative estimate of drug-likeness (QED) is 0.338. The van der Waals surface area contributed by atoms with Crippen molar-refractivity contribution in [3.8, 4) is 11.1 Å². The van der Waals surface area contributed by atoms with Crippen LogP contribution in [0.4, 0.5) is 10.6 Å². The number of aryl methyl sites for hydroxylation is 1. The molecule has 0 bridgehead atoms. The Morgan fingerprint density at radius 1 is 1.11 bits per heavy atom. The van der Waals surface area contributed by atoms with Crippen molar-refractivity contribution >= 4 is 22.9 Å². The number of pyridine rings is 2. The van der Waals surface area contributed by atoms with Crippen molar-refractivity contribution in [2.45, 2.75) is 65.1 Å². The number of H-pyrrole nitrogens is 1. The summed E-state index contributed by atoms with van der Waals surface area (Å²) in [6.07, 6.45) is 8.38. The van der Waals surface area contributed by atoms with E-state index in [9.17, 15) is 4.79 Å². The number of carbonyl (C=O) groups is 1. The second kappa shape index (κ2) is 9.46. The summed E-state index contributed by atoms with van der Waals surface area (Å²) in [6.45, 7) is 10.3. The van der Waals surface area contributed by atoms with E-state index in [-0.39, 0.29) is 12.1 Å². The molecule has 0 unspecified atom stereocenters. The number of fused-ring (bicyclic) bond motifs is 2. The highest BCUT2D eigenvalue weighted by Crippen LogP contribution is 2.41. The second-order valence-corrected chi connectivity index (χ2v) is 11.5. The van der Waals surface area contributed by atoms with Crippen molar-refractivity contribution in [1.29, 1.82) is 0 Å². The van der Waals surface area contributed by atoms with E-state index in [2.05, 4.69) is 46.1 Å². The molecule has 3 aromatic heterocycles. The van der Waals surface area contributed by atoms with Crippen molar-refractivity contribution in [3.63, 3.8) is 0 Å². The number of aromatic amines is 1. The minimum atomic E-state index is -0.531. The van der Waals surface area contributed by atoms with Gasteiger partial charge in [0.15, 0.2) is 0 Å². The molecule has 2 aliphatic rings. The lowest BCUT2D eigenvalue weighted by atomic mass is 9.86. The maximum atomic E-state index is 13.3. The molecule has 0 spiro atoms. The molecule has 1 fully saturated rings. The van der Waals surface area contributed by atoms with Gasteiger partial charge in [0, 0.05) is 49.2 Å². The zero-order valence-corrected chi connectivity index (χ0v) is 22.6. The fourth-order valence-electron chi connectivity index (χ4n) is 5.82. The Kier molecular flexibility index (Phi) is 6.09. The van der Waals surface area contributed by atoms with Crippen LogP contribution in [0, 0.1) is 6.92 Å². The number of amides is 1. The van der Waals surface area contributed by atoms with Gasteiger partial charge in [-0.25, -0.2) is 14.8 Å². The van der Waals surface area contributed by atoms with Crippen molar-refractivity contribution in [2.24, 2.45) is 0 Å². The maximum absolute atomic E-state index is 13.3. The molecular formula is C31H35N5O2. The minimum Gasteiger partial charge on any atom is -0.444 e. The highest BCUT2D eigenvalue weighted by atomic mass is 16.6. The van der Waals surface area contributed by atoms with Crippen molar-refractivity contribution in [1.82, 2.24) is 19.9 Å². The SMILES string of the molecule is Cc1c[nH]c2ncc(-c3cc4c(c([C@@H]5CCCN5C(=O)OC(C)(C)C)c3)CN(c3ccccn3)CC4)cc12. The number of aromatic nitrogens is 3. The van der Waals surface area contributed by atoms with Gasteiger partial charge in [-0.05, 0) is 99.0 Å². The van der Waals surface area contributed by atoms with Crippen LogP contribution in [0.25, 0.3) is 22.2 Å². The summed E-state index contributed by atoms with van der Waals surface area (Å²) < 4.78 is 5.83. The number of ether oxygens (including phenoxy) is 1. The third-order valence-corrected chi connectivity index (χ3v) is 7.66. The Balaban J connectivity index is 1.44. The number of likely N-dealkylation sites (tertiary alicyclic amines) is 1. The van der Waals surface area contributed by atoms with E-state index in [1.54, 1.807) is 0 Å². The fourth-order valence-corrected chi connectivity index (χ4v) is 5.82. The molecule has 0 radical (unpaired) electrons. The van der Waals surface area contributed by atoms with Gasteiger partial charge < -0.3 is 19.5 Å². The zero-order valence-electron chi connectivity index (χ0n) is 22.6. The van der Waals surface area contributed by atoms with E-state index < -0.39 is 5.60 Å². The first-order valence-electron chi connectivity index (χ1n) is 13.5. The molecule has 6 rings (SSSR count). The molecule has 0 saturated carbocycles. The van der Waals surface area contributed by atoms with Gasteiger partial charge in [-0.3, -0.25) is 0 Å². The average Bonchev–Trinajstić information content (AvgIpc) is 3.54. The van der Waals surface area contributed by atoms with E-state index in [1.807, 2.05) is 56.4 Å². The molecule has 1 aromatic carbocycles. The van der Waals surface area contributed by atoms with Gasteiger partial charge in [0.25, 0.3) is 0 Å². The lowest BCUT2D eigenvalue weighted by Gasteiger charge is -2.35. The van der Waals surface area contributed by atoms with E-state index in [4.69, 9.17) is 9.72 Å². The molecule has 1 N–H and O–H groups in total.